The lowest BCUT2D eigenvalue weighted by Crippen LogP contribution is -2.36. The van der Waals surface area contributed by atoms with E-state index in [0.29, 0.717) is 11.6 Å². The van der Waals surface area contributed by atoms with Gasteiger partial charge in [0.05, 0.1) is 18.5 Å². The first-order chi connectivity index (χ1) is 14.0. The van der Waals surface area contributed by atoms with Gasteiger partial charge in [0.15, 0.2) is 0 Å². The van der Waals surface area contributed by atoms with Crippen LogP contribution in [0.5, 0.6) is 0 Å². The number of aliphatic carboxylic acids is 1. The van der Waals surface area contributed by atoms with Crippen molar-refractivity contribution in [2.45, 2.75) is 45.6 Å². The first kappa shape index (κ1) is 24.1. The second-order valence-corrected chi connectivity index (χ2v) is 7.47. The van der Waals surface area contributed by atoms with Crippen LogP contribution in [0.1, 0.15) is 29.8 Å². The molecule has 1 atom stereocenters. The fraction of sp³-hybridized carbons (Fsp3) is 0.647. The Morgan fingerprint density at radius 2 is 2.07 bits per heavy atom. The van der Waals surface area contributed by atoms with Crippen molar-refractivity contribution < 1.29 is 28.2 Å². The van der Waals surface area contributed by atoms with E-state index in [4.69, 9.17) is 26.6 Å². The standard InChI is InChI=1S/C15H23ClN6O.C2HF3O2/c1-11-14(15(16)20(2)18-11)9-21-5-3-4-12(6-21)7-22-8-13(10-23)17-19-22;3-2(4,5)1(6)7/h8,12,23H,3-7,9-10H2,1-2H3;(H,6,7). The van der Waals surface area contributed by atoms with Crippen molar-refractivity contribution in [1.29, 1.82) is 0 Å². The zero-order valence-corrected chi connectivity index (χ0v) is 17.4. The Hall–Kier alpha value is -2.18. The normalized spacial score (nSPS) is 17.5. The number of carboxylic acids is 1. The van der Waals surface area contributed by atoms with E-state index < -0.39 is 12.1 Å². The molecule has 2 aromatic heterocycles. The van der Waals surface area contributed by atoms with Crippen LogP contribution in [0.25, 0.3) is 0 Å². The molecule has 2 N–H and O–H groups in total. The van der Waals surface area contributed by atoms with Crippen LogP contribution in [0.3, 0.4) is 0 Å². The maximum atomic E-state index is 10.6. The number of hydrogen-bond donors (Lipinski definition) is 2. The summed E-state index contributed by atoms with van der Waals surface area (Å²) in [6, 6.07) is 0. The molecular weight excluding hydrogens is 429 g/mol. The smallest absolute Gasteiger partial charge is 0.475 e. The summed E-state index contributed by atoms with van der Waals surface area (Å²) in [6.07, 6.45) is -0.908. The first-order valence-corrected chi connectivity index (χ1v) is 9.59. The second-order valence-electron chi connectivity index (χ2n) is 7.11. The number of aryl methyl sites for hydroxylation is 2. The van der Waals surface area contributed by atoms with E-state index in [9.17, 15) is 13.2 Å². The Bertz CT molecular complexity index is 854. The zero-order valence-electron chi connectivity index (χ0n) is 16.6. The number of hydrogen-bond acceptors (Lipinski definition) is 6. The van der Waals surface area contributed by atoms with Crippen LogP contribution in [0, 0.1) is 12.8 Å². The quantitative estimate of drug-likeness (QED) is 0.714. The third-order valence-electron chi connectivity index (χ3n) is 4.69. The van der Waals surface area contributed by atoms with Crippen molar-refractivity contribution in [2.24, 2.45) is 13.0 Å². The predicted molar refractivity (Wildman–Crippen MR) is 101 cm³/mol. The number of aliphatic hydroxyl groups is 1. The molecule has 0 spiro atoms. The number of halogens is 4. The number of aromatic nitrogens is 5. The molecule has 0 aromatic carbocycles. The summed E-state index contributed by atoms with van der Waals surface area (Å²) in [5.74, 6) is -2.22. The monoisotopic (exact) mass is 452 g/mol. The van der Waals surface area contributed by atoms with Gasteiger partial charge in [0.2, 0.25) is 0 Å². The Morgan fingerprint density at radius 3 is 2.57 bits per heavy atom. The number of carboxylic acid groups (broad SMARTS) is 1. The minimum atomic E-state index is -5.08. The third kappa shape index (κ3) is 6.67. The van der Waals surface area contributed by atoms with Crippen LogP contribution in [0.4, 0.5) is 13.2 Å². The highest BCUT2D eigenvalue weighted by atomic mass is 35.5. The van der Waals surface area contributed by atoms with Gasteiger partial charge in [-0.15, -0.1) is 5.10 Å². The van der Waals surface area contributed by atoms with Crippen LogP contribution >= 0.6 is 11.6 Å². The fourth-order valence-corrected chi connectivity index (χ4v) is 3.52. The van der Waals surface area contributed by atoms with Crippen molar-refractivity contribution in [3.63, 3.8) is 0 Å². The van der Waals surface area contributed by atoms with Gasteiger partial charge in [0, 0.05) is 32.2 Å². The van der Waals surface area contributed by atoms with Crippen LogP contribution < -0.4 is 0 Å². The SMILES string of the molecule is Cc1nn(C)c(Cl)c1CN1CCCC(Cn2cc(CO)nn2)C1.O=C(O)C(F)(F)F. The molecule has 0 radical (unpaired) electrons. The molecule has 3 rings (SSSR count). The number of likely N-dealkylation sites (tertiary alicyclic amines) is 1. The van der Waals surface area contributed by atoms with Gasteiger partial charge < -0.3 is 10.2 Å². The molecule has 0 saturated carbocycles. The van der Waals surface area contributed by atoms with Crippen molar-refractivity contribution in [2.75, 3.05) is 13.1 Å². The van der Waals surface area contributed by atoms with Gasteiger partial charge in [-0.1, -0.05) is 16.8 Å². The lowest BCUT2D eigenvalue weighted by molar-refractivity contribution is -0.192. The molecule has 1 aliphatic rings. The highest BCUT2D eigenvalue weighted by Gasteiger charge is 2.38. The Morgan fingerprint density at radius 1 is 1.40 bits per heavy atom. The molecule has 1 unspecified atom stereocenters. The number of rotatable bonds is 5. The van der Waals surface area contributed by atoms with Gasteiger partial charge in [0.25, 0.3) is 0 Å². The summed E-state index contributed by atoms with van der Waals surface area (Å²) < 4.78 is 35.3. The predicted octanol–water partition coefficient (Wildman–Crippen LogP) is 2.01. The van der Waals surface area contributed by atoms with Crippen LogP contribution in [-0.2, 0) is 31.5 Å². The molecule has 1 aliphatic heterocycles. The summed E-state index contributed by atoms with van der Waals surface area (Å²) in [5.41, 5.74) is 2.75. The van der Waals surface area contributed by atoms with Gasteiger partial charge in [-0.2, -0.15) is 18.3 Å². The first-order valence-electron chi connectivity index (χ1n) is 9.21. The van der Waals surface area contributed by atoms with Crippen molar-refractivity contribution in [1.82, 2.24) is 29.7 Å². The molecular formula is C17H24ClF3N6O3. The molecule has 13 heteroatoms. The summed E-state index contributed by atoms with van der Waals surface area (Å²) in [5, 5.41) is 29.3. The molecule has 9 nitrogen and oxygen atoms in total. The Kier molecular flexibility index (Phi) is 8.21. The number of piperidine rings is 1. The van der Waals surface area contributed by atoms with Crippen LogP contribution in [0.2, 0.25) is 5.15 Å². The van der Waals surface area contributed by atoms with Crippen molar-refractivity contribution in [3.05, 3.63) is 28.3 Å². The van der Waals surface area contributed by atoms with E-state index in [2.05, 4.69) is 20.3 Å². The molecule has 2 aromatic rings. The highest BCUT2D eigenvalue weighted by Crippen LogP contribution is 2.24. The van der Waals surface area contributed by atoms with E-state index in [1.807, 2.05) is 24.9 Å². The van der Waals surface area contributed by atoms with Crippen LogP contribution in [-0.4, -0.2) is 65.1 Å². The number of nitrogens with zero attached hydrogens (tertiary/aromatic N) is 6. The fourth-order valence-electron chi connectivity index (χ4n) is 3.29. The lowest BCUT2D eigenvalue weighted by atomic mass is 9.97. The molecule has 168 valence electrons. The second kappa shape index (κ2) is 10.2. The van der Waals surface area contributed by atoms with Gasteiger partial charge >= 0.3 is 12.1 Å². The van der Waals surface area contributed by atoms with Gasteiger partial charge in [0.1, 0.15) is 10.8 Å². The molecule has 0 bridgehead atoms. The molecule has 3 heterocycles. The lowest BCUT2D eigenvalue weighted by Gasteiger charge is -2.32. The van der Waals surface area contributed by atoms with Crippen LogP contribution in [0.15, 0.2) is 6.20 Å². The maximum absolute atomic E-state index is 10.6. The number of carbonyl (C=O) groups is 1. The zero-order chi connectivity index (χ0) is 22.5. The Labute approximate surface area is 176 Å². The van der Waals surface area contributed by atoms with Gasteiger partial charge in [-0.25, -0.2) is 4.79 Å². The molecule has 30 heavy (non-hydrogen) atoms. The summed E-state index contributed by atoms with van der Waals surface area (Å²) in [6.45, 7) is 5.72. The average Bonchev–Trinajstić information content (AvgIpc) is 3.21. The van der Waals surface area contributed by atoms with Crippen molar-refractivity contribution in [3.8, 4) is 0 Å². The van der Waals surface area contributed by atoms with Gasteiger partial charge in [-0.3, -0.25) is 14.3 Å². The largest absolute Gasteiger partial charge is 0.490 e. The average molecular weight is 453 g/mol. The van der Waals surface area contributed by atoms with E-state index in [0.717, 1.165) is 42.6 Å². The van der Waals surface area contributed by atoms with E-state index in [1.54, 1.807) is 4.68 Å². The molecule has 1 saturated heterocycles. The van der Waals surface area contributed by atoms with E-state index in [1.165, 1.54) is 12.8 Å². The highest BCUT2D eigenvalue weighted by molar-refractivity contribution is 6.30. The molecule has 1 fully saturated rings. The minimum absolute atomic E-state index is 0.0599. The summed E-state index contributed by atoms with van der Waals surface area (Å²) in [7, 11) is 1.88. The third-order valence-corrected chi connectivity index (χ3v) is 5.16. The van der Waals surface area contributed by atoms with E-state index >= 15 is 0 Å². The topological polar surface area (TPSA) is 109 Å². The molecule has 0 aliphatic carbocycles. The number of alkyl halides is 3. The maximum Gasteiger partial charge on any atom is 0.490 e. The Balaban J connectivity index is 0.000000396. The number of aliphatic hydroxyl groups excluding tert-OH is 1. The van der Waals surface area contributed by atoms with Gasteiger partial charge in [-0.05, 0) is 32.2 Å². The van der Waals surface area contributed by atoms with Crippen molar-refractivity contribution >= 4 is 17.6 Å². The summed E-state index contributed by atoms with van der Waals surface area (Å²) >= 11 is 6.35. The molecule has 0 amide bonds. The summed E-state index contributed by atoms with van der Waals surface area (Å²) in [4.78, 5) is 11.3. The van der Waals surface area contributed by atoms with E-state index in [-0.39, 0.29) is 6.61 Å². The minimum Gasteiger partial charge on any atom is -0.475 e.